The van der Waals surface area contributed by atoms with E-state index in [9.17, 15) is 0 Å². The van der Waals surface area contributed by atoms with Crippen LogP contribution in [0, 0.1) is 0 Å². The van der Waals surface area contributed by atoms with Crippen LogP contribution in [0.15, 0.2) is 0 Å². The summed E-state index contributed by atoms with van der Waals surface area (Å²) in [6, 6.07) is 1.42. The minimum absolute atomic E-state index is 0.550. The SMILES string of the molecule is [SiH3]CCCC(Br)Br. The molecule has 0 radical (unpaired) electrons. The molecule has 0 amide bonds. The smallest absolute Gasteiger partial charge is 0.0697 e. The summed E-state index contributed by atoms with van der Waals surface area (Å²) in [4.78, 5) is 0. The first-order chi connectivity index (χ1) is 3.27. The summed E-state index contributed by atoms with van der Waals surface area (Å²) in [5.41, 5.74) is 0. The second-order valence-electron chi connectivity index (χ2n) is 1.53. The van der Waals surface area contributed by atoms with Crippen LogP contribution in [0.5, 0.6) is 0 Å². The van der Waals surface area contributed by atoms with Gasteiger partial charge in [0.05, 0.1) is 3.74 Å². The second kappa shape index (κ2) is 5.32. The molecule has 0 atom stereocenters. The molecule has 44 valence electrons. The standard InChI is InChI=1S/C4H10Br2Si/c5-4(6)2-1-3-7/h4H,1-3H2,7H3. The molecule has 0 saturated heterocycles. The molecular formula is C4H10Br2Si. The monoisotopic (exact) mass is 244 g/mol. The summed E-state index contributed by atoms with van der Waals surface area (Å²) >= 11 is 6.81. The van der Waals surface area contributed by atoms with Crippen LogP contribution in [-0.2, 0) is 0 Å². The fourth-order valence-corrected chi connectivity index (χ4v) is 1.41. The van der Waals surface area contributed by atoms with E-state index in [4.69, 9.17) is 0 Å². The van der Waals surface area contributed by atoms with Gasteiger partial charge in [0.15, 0.2) is 0 Å². The van der Waals surface area contributed by atoms with Crippen molar-refractivity contribution in [3.05, 3.63) is 0 Å². The van der Waals surface area contributed by atoms with Gasteiger partial charge in [-0.25, -0.2) is 0 Å². The van der Waals surface area contributed by atoms with Crippen LogP contribution in [0.4, 0.5) is 0 Å². The lowest BCUT2D eigenvalue weighted by Crippen LogP contribution is -1.82. The van der Waals surface area contributed by atoms with Gasteiger partial charge in [-0.1, -0.05) is 44.3 Å². The first-order valence-electron chi connectivity index (χ1n) is 2.55. The Hall–Kier alpha value is 1.18. The summed E-state index contributed by atoms with van der Waals surface area (Å²) in [7, 11) is 1.35. The highest BCUT2D eigenvalue weighted by Gasteiger charge is 1.92. The Morgan fingerprint density at radius 1 is 1.43 bits per heavy atom. The van der Waals surface area contributed by atoms with Crippen LogP contribution in [0.25, 0.3) is 0 Å². The van der Waals surface area contributed by atoms with E-state index < -0.39 is 0 Å². The van der Waals surface area contributed by atoms with Gasteiger partial charge in [-0.05, 0) is 6.42 Å². The summed E-state index contributed by atoms with van der Waals surface area (Å²) in [6.45, 7) is 0. The van der Waals surface area contributed by atoms with Crippen molar-refractivity contribution in [3.8, 4) is 0 Å². The lowest BCUT2D eigenvalue weighted by Gasteiger charge is -1.95. The van der Waals surface area contributed by atoms with Gasteiger partial charge < -0.3 is 0 Å². The number of rotatable bonds is 3. The predicted molar refractivity (Wildman–Crippen MR) is 45.6 cm³/mol. The first kappa shape index (κ1) is 8.18. The van der Waals surface area contributed by atoms with E-state index in [-0.39, 0.29) is 0 Å². The lowest BCUT2D eigenvalue weighted by molar-refractivity contribution is 0.881. The van der Waals surface area contributed by atoms with E-state index in [1.165, 1.54) is 29.1 Å². The lowest BCUT2D eigenvalue weighted by atomic mass is 10.4. The molecule has 0 aliphatic heterocycles. The average molecular weight is 246 g/mol. The van der Waals surface area contributed by atoms with E-state index in [1.54, 1.807) is 0 Å². The molecule has 0 aliphatic rings. The average Bonchev–Trinajstić information content (AvgIpc) is 1.61. The first-order valence-corrected chi connectivity index (χ1v) is 5.80. The molecule has 0 aromatic heterocycles. The third kappa shape index (κ3) is 7.18. The Kier molecular flexibility index (Phi) is 6.21. The molecule has 0 rings (SSSR count). The number of alkyl halides is 2. The molecule has 0 N–H and O–H groups in total. The van der Waals surface area contributed by atoms with Crippen molar-refractivity contribution in [1.82, 2.24) is 0 Å². The summed E-state index contributed by atoms with van der Waals surface area (Å²) in [5, 5.41) is 0. The Bertz CT molecular complexity index is 38.7. The van der Waals surface area contributed by atoms with Crippen LogP contribution in [0.1, 0.15) is 12.8 Å². The van der Waals surface area contributed by atoms with Gasteiger partial charge in [0, 0.05) is 10.2 Å². The molecule has 0 unspecified atom stereocenters. The number of halogens is 2. The molecule has 0 saturated carbocycles. The minimum Gasteiger partial charge on any atom is -0.0765 e. The fourth-order valence-electron chi connectivity index (χ4n) is 0.358. The van der Waals surface area contributed by atoms with Crippen LogP contribution >= 0.6 is 31.9 Å². The normalized spacial score (nSPS) is 10.7. The van der Waals surface area contributed by atoms with E-state index >= 15 is 0 Å². The van der Waals surface area contributed by atoms with E-state index in [0.717, 1.165) is 0 Å². The van der Waals surface area contributed by atoms with Gasteiger partial charge in [0.1, 0.15) is 0 Å². The Balaban J connectivity index is 2.68. The van der Waals surface area contributed by atoms with Gasteiger partial charge in [0.25, 0.3) is 0 Å². The van der Waals surface area contributed by atoms with Crippen LogP contribution in [0.3, 0.4) is 0 Å². The molecule has 7 heavy (non-hydrogen) atoms. The van der Waals surface area contributed by atoms with Crippen molar-refractivity contribution in [1.29, 1.82) is 0 Å². The molecule has 0 nitrogen and oxygen atoms in total. The van der Waals surface area contributed by atoms with E-state index in [1.807, 2.05) is 0 Å². The number of hydrogen-bond acceptors (Lipinski definition) is 0. The molecule has 0 spiro atoms. The van der Waals surface area contributed by atoms with Gasteiger partial charge in [0.2, 0.25) is 0 Å². The zero-order valence-corrected chi connectivity index (χ0v) is 9.63. The highest BCUT2D eigenvalue weighted by atomic mass is 79.9. The van der Waals surface area contributed by atoms with Gasteiger partial charge in [-0.3, -0.25) is 0 Å². The van der Waals surface area contributed by atoms with Crippen LogP contribution in [0.2, 0.25) is 6.04 Å². The third-order valence-corrected chi connectivity index (χ3v) is 2.40. The maximum absolute atomic E-state index is 3.41. The highest BCUT2D eigenvalue weighted by molar-refractivity contribution is 9.24. The zero-order chi connectivity index (χ0) is 5.70. The van der Waals surface area contributed by atoms with Crippen molar-refractivity contribution >= 4 is 42.1 Å². The molecule has 0 aliphatic carbocycles. The molecule has 0 heterocycles. The maximum atomic E-state index is 3.41. The Morgan fingerprint density at radius 3 is 2.14 bits per heavy atom. The van der Waals surface area contributed by atoms with Crippen molar-refractivity contribution in [2.75, 3.05) is 0 Å². The van der Waals surface area contributed by atoms with Crippen LogP contribution in [-0.4, -0.2) is 14.0 Å². The molecule has 3 heteroatoms. The van der Waals surface area contributed by atoms with Gasteiger partial charge in [-0.2, -0.15) is 0 Å². The summed E-state index contributed by atoms with van der Waals surface area (Å²) in [5.74, 6) is 0. The van der Waals surface area contributed by atoms with Crippen LogP contribution < -0.4 is 0 Å². The van der Waals surface area contributed by atoms with E-state index in [0.29, 0.717) is 3.74 Å². The third-order valence-electron chi connectivity index (χ3n) is 0.776. The van der Waals surface area contributed by atoms with E-state index in [2.05, 4.69) is 31.9 Å². The van der Waals surface area contributed by atoms with Gasteiger partial charge >= 0.3 is 0 Å². The summed E-state index contributed by atoms with van der Waals surface area (Å²) < 4.78 is 0.550. The predicted octanol–water partition coefficient (Wildman–Crippen LogP) is 1.67. The van der Waals surface area contributed by atoms with Crippen molar-refractivity contribution in [3.63, 3.8) is 0 Å². The molecule has 0 aromatic carbocycles. The Labute approximate surface area is 64.7 Å². The largest absolute Gasteiger partial charge is 0.0765 e. The molecule has 0 fully saturated rings. The second-order valence-corrected chi connectivity index (χ2v) is 5.97. The molecule has 0 bridgehead atoms. The van der Waals surface area contributed by atoms with Gasteiger partial charge in [-0.15, -0.1) is 0 Å². The molecule has 0 aromatic rings. The zero-order valence-electron chi connectivity index (χ0n) is 4.45. The Morgan fingerprint density at radius 2 is 2.00 bits per heavy atom. The fraction of sp³-hybridized carbons (Fsp3) is 1.00. The number of hydrogen-bond donors (Lipinski definition) is 0. The van der Waals surface area contributed by atoms with Crippen molar-refractivity contribution < 1.29 is 0 Å². The maximum Gasteiger partial charge on any atom is 0.0697 e. The van der Waals surface area contributed by atoms with Crippen molar-refractivity contribution in [2.45, 2.75) is 22.6 Å². The van der Waals surface area contributed by atoms with Crippen molar-refractivity contribution in [2.24, 2.45) is 0 Å². The molecular weight excluding hydrogens is 236 g/mol. The quantitative estimate of drug-likeness (QED) is 0.524. The minimum atomic E-state index is 0.550. The summed E-state index contributed by atoms with van der Waals surface area (Å²) in [6.07, 6.45) is 2.64. The topological polar surface area (TPSA) is 0 Å². The highest BCUT2D eigenvalue weighted by Crippen LogP contribution is 2.14.